The number of piperidine rings is 1. The van der Waals surface area contributed by atoms with Crippen molar-refractivity contribution in [1.82, 2.24) is 20.2 Å². The number of anilines is 1. The number of pyridine rings is 1. The van der Waals surface area contributed by atoms with Crippen LogP contribution in [-0.4, -0.2) is 39.5 Å². The molecule has 0 bridgehead atoms. The molecule has 0 amide bonds. The molecule has 1 aromatic carbocycles. The van der Waals surface area contributed by atoms with Crippen LogP contribution in [0.1, 0.15) is 31.7 Å². The van der Waals surface area contributed by atoms with Gasteiger partial charge in [-0.15, -0.1) is 0 Å². The normalized spacial score (nSPS) is 15.4. The van der Waals surface area contributed by atoms with Crippen molar-refractivity contribution in [2.75, 3.05) is 18.0 Å². The molecule has 0 atom stereocenters. The molecule has 6 heteroatoms. The molecule has 0 saturated carbocycles. The number of aromatic amines is 2. The first-order valence-corrected chi connectivity index (χ1v) is 10.8. The molecule has 0 unspecified atom stereocenters. The van der Waals surface area contributed by atoms with E-state index in [0.717, 1.165) is 52.0 Å². The predicted octanol–water partition coefficient (Wildman–Crippen LogP) is 5.71. The Hall–Kier alpha value is -3.67. The van der Waals surface area contributed by atoms with Gasteiger partial charge in [0, 0.05) is 36.3 Å². The van der Waals surface area contributed by atoms with Crippen molar-refractivity contribution in [2.24, 2.45) is 4.99 Å². The molecule has 0 aliphatic carbocycles. The largest absolute Gasteiger partial charge is 0.370 e. The van der Waals surface area contributed by atoms with Gasteiger partial charge >= 0.3 is 0 Å². The lowest BCUT2D eigenvalue weighted by molar-refractivity contribution is 0.578. The van der Waals surface area contributed by atoms with E-state index in [2.05, 4.69) is 60.9 Å². The molecule has 4 aromatic rings. The monoisotopic (exact) mass is 410 g/mol. The molecule has 2 N–H and O–H groups in total. The first-order chi connectivity index (χ1) is 15.3. The highest BCUT2D eigenvalue weighted by atomic mass is 15.1. The molecule has 31 heavy (non-hydrogen) atoms. The van der Waals surface area contributed by atoms with Gasteiger partial charge in [-0.2, -0.15) is 5.10 Å². The van der Waals surface area contributed by atoms with Gasteiger partial charge in [0.05, 0.1) is 34.8 Å². The van der Waals surface area contributed by atoms with Gasteiger partial charge < -0.3 is 9.88 Å². The van der Waals surface area contributed by atoms with E-state index in [1.165, 1.54) is 30.3 Å². The second-order valence-corrected chi connectivity index (χ2v) is 7.89. The third-order valence-electron chi connectivity index (χ3n) is 6.00. The molecule has 1 aliphatic heterocycles. The number of rotatable bonds is 5. The minimum Gasteiger partial charge on any atom is -0.370 e. The highest BCUT2D eigenvalue weighted by Crippen LogP contribution is 2.34. The van der Waals surface area contributed by atoms with Crippen molar-refractivity contribution in [3.63, 3.8) is 0 Å². The number of nitrogens with one attached hydrogen (secondary N) is 2. The second-order valence-electron chi connectivity index (χ2n) is 7.89. The van der Waals surface area contributed by atoms with Crippen LogP contribution >= 0.6 is 0 Å². The van der Waals surface area contributed by atoms with Crippen LogP contribution in [0.4, 0.5) is 5.69 Å². The zero-order valence-electron chi connectivity index (χ0n) is 17.7. The molecule has 6 nitrogen and oxygen atoms in total. The van der Waals surface area contributed by atoms with Gasteiger partial charge in [0.25, 0.3) is 0 Å². The number of allylic oxidation sites excluding steroid dienone is 2. The number of hydrogen-bond donors (Lipinski definition) is 2. The fourth-order valence-electron chi connectivity index (χ4n) is 4.40. The minimum atomic E-state index is 0.911. The number of benzene rings is 1. The Morgan fingerprint density at radius 3 is 2.77 bits per heavy atom. The smallest absolute Gasteiger partial charge is 0.116 e. The number of fused-ring (bicyclic) bond motifs is 2. The lowest BCUT2D eigenvalue weighted by Gasteiger charge is -2.28. The summed E-state index contributed by atoms with van der Waals surface area (Å²) >= 11 is 0. The summed E-state index contributed by atoms with van der Waals surface area (Å²) in [5.74, 6) is 0. The van der Waals surface area contributed by atoms with Gasteiger partial charge in [-0.05, 0) is 55.5 Å². The van der Waals surface area contributed by atoms with Crippen LogP contribution < -0.4 is 4.90 Å². The Morgan fingerprint density at radius 1 is 1.10 bits per heavy atom. The average Bonchev–Trinajstić information content (AvgIpc) is 3.43. The van der Waals surface area contributed by atoms with Crippen LogP contribution in [0.15, 0.2) is 60.5 Å². The van der Waals surface area contributed by atoms with Crippen molar-refractivity contribution in [1.29, 1.82) is 0 Å². The summed E-state index contributed by atoms with van der Waals surface area (Å²) in [7, 11) is 0. The summed E-state index contributed by atoms with van der Waals surface area (Å²) in [5.41, 5.74) is 7.29. The topological polar surface area (TPSA) is 73.0 Å². The van der Waals surface area contributed by atoms with Gasteiger partial charge in [0.2, 0.25) is 0 Å². The Morgan fingerprint density at radius 2 is 1.97 bits per heavy atom. The molecule has 1 saturated heterocycles. The fourth-order valence-corrected chi connectivity index (χ4v) is 4.40. The first-order valence-electron chi connectivity index (χ1n) is 10.8. The van der Waals surface area contributed by atoms with Crippen LogP contribution in [0.3, 0.4) is 0 Å². The lowest BCUT2D eigenvalue weighted by Crippen LogP contribution is -2.29. The van der Waals surface area contributed by atoms with Crippen molar-refractivity contribution in [3.05, 3.63) is 61.1 Å². The summed E-state index contributed by atoms with van der Waals surface area (Å²) in [6, 6.07) is 8.51. The summed E-state index contributed by atoms with van der Waals surface area (Å²) < 4.78 is 0. The maximum atomic E-state index is 4.63. The zero-order valence-corrected chi connectivity index (χ0v) is 17.7. The van der Waals surface area contributed by atoms with E-state index in [1.54, 1.807) is 6.20 Å². The van der Waals surface area contributed by atoms with E-state index < -0.39 is 0 Å². The Kier molecular flexibility index (Phi) is 5.12. The Balaban J connectivity index is 1.60. The minimum absolute atomic E-state index is 0.911. The van der Waals surface area contributed by atoms with Gasteiger partial charge in [0.15, 0.2) is 0 Å². The van der Waals surface area contributed by atoms with Crippen molar-refractivity contribution >= 4 is 39.3 Å². The molecule has 1 aliphatic rings. The van der Waals surface area contributed by atoms with Gasteiger partial charge in [-0.1, -0.05) is 18.7 Å². The maximum absolute atomic E-state index is 4.63. The van der Waals surface area contributed by atoms with E-state index in [4.69, 9.17) is 0 Å². The third-order valence-corrected chi connectivity index (χ3v) is 6.00. The zero-order chi connectivity index (χ0) is 21.2. The van der Waals surface area contributed by atoms with Gasteiger partial charge in [0.1, 0.15) is 5.69 Å². The molecule has 0 radical (unpaired) electrons. The van der Waals surface area contributed by atoms with E-state index in [0.29, 0.717) is 0 Å². The first kappa shape index (κ1) is 19.3. The van der Waals surface area contributed by atoms with Crippen molar-refractivity contribution in [3.8, 4) is 11.4 Å². The summed E-state index contributed by atoms with van der Waals surface area (Å²) in [6.45, 7) is 7.86. The molecule has 156 valence electrons. The van der Waals surface area contributed by atoms with Crippen LogP contribution in [0.5, 0.6) is 0 Å². The SMILES string of the molecule is C=C/N=C\C(=C/C)c1ccc2[nH]nc(-c3cc4c(N5CCCCC5)cncc4[nH]3)c2c1. The molecule has 1 fully saturated rings. The number of aliphatic imine (C=N–C) groups is 1. The number of hydrogen-bond acceptors (Lipinski definition) is 4. The van der Waals surface area contributed by atoms with Crippen LogP contribution in [-0.2, 0) is 0 Å². The maximum Gasteiger partial charge on any atom is 0.116 e. The highest BCUT2D eigenvalue weighted by molar-refractivity contribution is 6.11. The number of aromatic nitrogens is 4. The molecular weight excluding hydrogens is 384 g/mol. The lowest BCUT2D eigenvalue weighted by atomic mass is 10.0. The highest BCUT2D eigenvalue weighted by Gasteiger charge is 2.18. The second kappa shape index (κ2) is 8.22. The predicted molar refractivity (Wildman–Crippen MR) is 130 cm³/mol. The average molecular weight is 411 g/mol. The number of H-pyrrole nitrogens is 2. The molecule has 0 spiro atoms. The summed E-state index contributed by atoms with van der Waals surface area (Å²) in [6.07, 6.45) is 13.1. The van der Waals surface area contributed by atoms with E-state index in [1.807, 2.05) is 31.6 Å². The van der Waals surface area contributed by atoms with E-state index in [-0.39, 0.29) is 0 Å². The van der Waals surface area contributed by atoms with E-state index in [9.17, 15) is 0 Å². The molecule has 3 aromatic heterocycles. The Bertz CT molecular complexity index is 1300. The third kappa shape index (κ3) is 3.54. The Labute approximate surface area is 181 Å². The molecule has 4 heterocycles. The molecule has 5 rings (SSSR count). The standard InChI is InChI=1S/C25H26N6/c1-3-17(14-26-4-2)18-8-9-21-20(12-18)25(30-29-21)22-13-19-23(28-22)15-27-16-24(19)31-10-6-5-7-11-31/h3-4,8-9,12-16,28H,2,5-7,10-11H2,1H3,(H,29,30)/b17-3+,26-14-. The fraction of sp³-hybridized carbons (Fsp3) is 0.240. The summed E-state index contributed by atoms with van der Waals surface area (Å²) in [4.78, 5) is 14.7. The van der Waals surface area contributed by atoms with Gasteiger partial charge in [-0.25, -0.2) is 0 Å². The van der Waals surface area contributed by atoms with Crippen LogP contribution in [0.25, 0.3) is 38.8 Å². The summed E-state index contributed by atoms with van der Waals surface area (Å²) in [5, 5.41) is 10.1. The van der Waals surface area contributed by atoms with Gasteiger partial charge in [-0.3, -0.25) is 15.1 Å². The number of nitrogens with zero attached hydrogens (tertiary/aromatic N) is 4. The van der Waals surface area contributed by atoms with Crippen LogP contribution in [0, 0.1) is 0 Å². The quantitative estimate of drug-likeness (QED) is 0.414. The van der Waals surface area contributed by atoms with E-state index >= 15 is 0 Å². The molecular formula is C25H26N6. The van der Waals surface area contributed by atoms with Crippen LogP contribution in [0.2, 0.25) is 0 Å². The van der Waals surface area contributed by atoms with Crippen molar-refractivity contribution < 1.29 is 0 Å². The van der Waals surface area contributed by atoms with Crippen molar-refractivity contribution in [2.45, 2.75) is 26.2 Å².